The van der Waals surface area contributed by atoms with Crippen molar-refractivity contribution in [1.82, 2.24) is 20.0 Å². The van der Waals surface area contributed by atoms with Crippen molar-refractivity contribution >= 4 is 18.3 Å². The molecule has 2 heterocycles. The topological polar surface area (TPSA) is 43.1 Å². The lowest BCUT2D eigenvalue weighted by Crippen LogP contribution is -1.86. The molecule has 1 radical (unpaired) electrons. The molecule has 0 fully saturated rings. The van der Waals surface area contributed by atoms with E-state index < -0.39 is 0 Å². The van der Waals surface area contributed by atoms with Crippen molar-refractivity contribution in [2.24, 2.45) is 0 Å². The van der Waals surface area contributed by atoms with Gasteiger partial charge in [0.15, 0.2) is 5.65 Å². The van der Waals surface area contributed by atoms with Gasteiger partial charge in [0, 0.05) is 4.90 Å². The Labute approximate surface area is 62.3 Å². The highest BCUT2D eigenvalue weighted by Gasteiger charge is 1.94. The molecule has 5 heteroatoms. The van der Waals surface area contributed by atoms with Crippen molar-refractivity contribution in [2.75, 3.05) is 0 Å². The third kappa shape index (κ3) is 0.750. The number of tetrazole rings is 1. The van der Waals surface area contributed by atoms with Crippen LogP contribution in [0.1, 0.15) is 0 Å². The fourth-order valence-electron chi connectivity index (χ4n) is 0.677. The summed E-state index contributed by atoms with van der Waals surface area (Å²) < 4.78 is 1.45. The van der Waals surface area contributed by atoms with E-state index in [1.165, 1.54) is 4.52 Å². The van der Waals surface area contributed by atoms with Gasteiger partial charge in [0.1, 0.15) is 6.20 Å². The molecule has 0 saturated heterocycles. The van der Waals surface area contributed by atoms with Crippen molar-refractivity contribution in [3.05, 3.63) is 18.3 Å². The second-order valence-electron chi connectivity index (χ2n) is 1.78. The number of nitrogens with zero attached hydrogens (tertiary/aromatic N) is 4. The number of rotatable bonds is 0. The van der Waals surface area contributed by atoms with E-state index in [4.69, 9.17) is 0 Å². The van der Waals surface area contributed by atoms with Crippen molar-refractivity contribution in [3.63, 3.8) is 0 Å². The fourth-order valence-corrected chi connectivity index (χ4v) is 0.846. The van der Waals surface area contributed by atoms with Crippen molar-refractivity contribution < 1.29 is 0 Å². The monoisotopic (exact) mass is 151 g/mol. The molecule has 2 rings (SSSR count). The van der Waals surface area contributed by atoms with Crippen molar-refractivity contribution in [2.45, 2.75) is 4.90 Å². The molecule has 0 aliphatic carbocycles. The highest BCUT2D eigenvalue weighted by Crippen LogP contribution is 2.03. The average Bonchev–Trinajstić information content (AvgIpc) is 2.33. The largest absolute Gasteiger partial charge is 0.190 e. The summed E-state index contributed by atoms with van der Waals surface area (Å²) >= 11 is 4.06. The van der Waals surface area contributed by atoms with Crippen molar-refractivity contribution in [3.8, 4) is 0 Å². The minimum Gasteiger partial charge on any atom is -0.190 e. The third-order valence-electron chi connectivity index (χ3n) is 1.10. The second-order valence-corrected chi connectivity index (χ2v) is 2.26. The van der Waals surface area contributed by atoms with Crippen LogP contribution in [0.3, 0.4) is 0 Å². The molecule has 0 aliphatic rings. The van der Waals surface area contributed by atoms with E-state index in [1.807, 2.05) is 0 Å². The molecule has 0 unspecified atom stereocenters. The van der Waals surface area contributed by atoms with Gasteiger partial charge in [0.05, 0.1) is 0 Å². The van der Waals surface area contributed by atoms with Crippen LogP contribution < -0.4 is 0 Å². The summed E-state index contributed by atoms with van der Waals surface area (Å²) in [6, 6.07) is 3.56. The Hall–Kier alpha value is -1.10. The lowest BCUT2D eigenvalue weighted by atomic mass is 10.5. The smallest absolute Gasteiger partial charge is 0.180 e. The molecule has 4 nitrogen and oxygen atoms in total. The Kier molecular flexibility index (Phi) is 1.10. The van der Waals surface area contributed by atoms with Gasteiger partial charge in [-0.25, -0.2) is 0 Å². The van der Waals surface area contributed by atoms with Crippen LogP contribution in [0.25, 0.3) is 5.65 Å². The number of hydrogen-bond acceptors (Lipinski definition) is 4. The second kappa shape index (κ2) is 1.95. The van der Waals surface area contributed by atoms with Crippen LogP contribution in [0.5, 0.6) is 0 Å². The molecular formula is C5H3N4S. The molecular weight excluding hydrogens is 148 g/mol. The summed E-state index contributed by atoms with van der Waals surface area (Å²) in [7, 11) is 0. The first kappa shape index (κ1) is 5.67. The Bertz CT molecular complexity index is 355. The van der Waals surface area contributed by atoms with Crippen molar-refractivity contribution in [1.29, 1.82) is 0 Å². The van der Waals surface area contributed by atoms with Gasteiger partial charge in [0.2, 0.25) is 0 Å². The van der Waals surface area contributed by atoms with E-state index >= 15 is 0 Å². The van der Waals surface area contributed by atoms with Gasteiger partial charge in [-0.1, -0.05) is 0 Å². The van der Waals surface area contributed by atoms with Gasteiger partial charge in [-0.15, -0.1) is 17.7 Å². The molecule has 2 aromatic heterocycles. The van der Waals surface area contributed by atoms with Gasteiger partial charge >= 0.3 is 0 Å². The lowest BCUT2D eigenvalue weighted by molar-refractivity contribution is 0.811. The number of hydrogen-bond donors (Lipinski definition) is 1. The maximum Gasteiger partial charge on any atom is 0.180 e. The van der Waals surface area contributed by atoms with E-state index in [9.17, 15) is 0 Å². The lowest BCUT2D eigenvalue weighted by Gasteiger charge is -1.87. The van der Waals surface area contributed by atoms with Crippen LogP contribution in [0.15, 0.2) is 17.0 Å². The summed E-state index contributed by atoms with van der Waals surface area (Å²) in [6.07, 6.45) is 2.81. The Balaban J connectivity index is 2.86. The maximum atomic E-state index is 4.06. The molecule has 0 saturated carbocycles. The molecule has 0 aromatic carbocycles. The molecule has 49 valence electrons. The standard InChI is InChI=1S/C5H3N4S/c10-4-1-2-5-6-7-8-9(5)3-4/h1-2,10H. The van der Waals surface area contributed by atoms with Gasteiger partial charge < -0.3 is 0 Å². The zero-order chi connectivity index (χ0) is 6.97. The van der Waals surface area contributed by atoms with Crippen LogP contribution >= 0.6 is 12.6 Å². The third-order valence-corrected chi connectivity index (χ3v) is 1.35. The molecule has 0 N–H and O–H groups in total. The Morgan fingerprint density at radius 3 is 3.30 bits per heavy atom. The quantitative estimate of drug-likeness (QED) is 0.547. The Morgan fingerprint density at radius 2 is 2.40 bits per heavy atom. The van der Waals surface area contributed by atoms with E-state index in [1.54, 1.807) is 12.1 Å². The van der Waals surface area contributed by atoms with Crippen LogP contribution in [0, 0.1) is 6.20 Å². The van der Waals surface area contributed by atoms with Gasteiger partial charge in [-0.05, 0) is 22.6 Å². The highest BCUT2D eigenvalue weighted by molar-refractivity contribution is 7.80. The van der Waals surface area contributed by atoms with E-state index in [0.717, 1.165) is 4.90 Å². The number of aromatic nitrogens is 4. The average molecular weight is 151 g/mol. The summed E-state index contributed by atoms with van der Waals surface area (Å²) in [4.78, 5) is 0.722. The predicted octanol–water partition coefficient (Wildman–Crippen LogP) is 0.213. The van der Waals surface area contributed by atoms with Gasteiger partial charge in [-0.3, -0.25) is 0 Å². The fraction of sp³-hybridized carbons (Fsp3) is 0. The molecule has 2 aromatic rings. The zero-order valence-corrected chi connectivity index (χ0v) is 5.79. The first-order valence-corrected chi connectivity index (χ1v) is 3.10. The molecule has 0 atom stereocenters. The predicted molar refractivity (Wildman–Crippen MR) is 36.9 cm³/mol. The molecule has 0 aliphatic heterocycles. The van der Waals surface area contributed by atoms with Crippen LogP contribution in [0.4, 0.5) is 0 Å². The summed E-state index contributed by atoms with van der Waals surface area (Å²) in [5, 5.41) is 10.8. The summed E-state index contributed by atoms with van der Waals surface area (Å²) in [5.41, 5.74) is 0.679. The molecule has 0 spiro atoms. The maximum absolute atomic E-state index is 4.06. The number of thiol groups is 1. The van der Waals surface area contributed by atoms with Crippen LogP contribution in [-0.4, -0.2) is 20.0 Å². The first-order chi connectivity index (χ1) is 4.86. The Morgan fingerprint density at radius 1 is 1.50 bits per heavy atom. The molecule has 0 bridgehead atoms. The first-order valence-electron chi connectivity index (χ1n) is 2.66. The van der Waals surface area contributed by atoms with Crippen LogP contribution in [0.2, 0.25) is 0 Å². The number of pyridine rings is 1. The van der Waals surface area contributed by atoms with Crippen LogP contribution in [-0.2, 0) is 0 Å². The summed E-state index contributed by atoms with van der Waals surface area (Å²) in [6.45, 7) is 0. The zero-order valence-electron chi connectivity index (χ0n) is 4.89. The van der Waals surface area contributed by atoms with Gasteiger partial charge in [0.25, 0.3) is 0 Å². The number of fused-ring (bicyclic) bond motifs is 1. The highest BCUT2D eigenvalue weighted by atomic mass is 32.1. The molecule has 0 amide bonds. The minimum atomic E-state index is 0.679. The molecule has 10 heavy (non-hydrogen) atoms. The van der Waals surface area contributed by atoms with E-state index in [-0.39, 0.29) is 0 Å². The normalized spacial score (nSPS) is 10.5. The SMILES string of the molecule is Sc1[c]n2nnnc2cc1. The van der Waals surface area contributed by atoms with E-state index in [0.29, 0.717) is 5.65 Å². The van der Waals surface area contributed by atoms with E-state index in [2.05, 4.69) is 34.4 Å². The summed E-state index contributed by atoms with van der Waals surface area (Å²) in [5.74, 6) is 0. The minimum absolute atomic E-state index is 0.679. The van der Waals surface area contributed by atoms with Gasteiger partial charge in [-0.2, -0.15) is 4.52 Å².